The highest BCUT2D eigenvalue weighted by Crippen LogP contribution is 2.16. The minimum Gasteiger partial charge on any atom is -0.326 e. The molecule has 1 aromatic heterocycles. The maximum absolute atomic E-state index is 12.3. The van der Waals surface area contributed by atoms with Gasteiger partial charge < -0.3 is 5.73 Å². The number of aromatic nitrogens is 2. The van der Waals surface area contributed by atoms with Gasteiger partial charge in [0.05, 0.1) is 17.1 Å². The van der Waals surface area contributed by atoms with Gasteiger partial charge in [0.15, 0.2) is 0 Å². The lowest BCUT2D eigenvalue weighted by atomic mass is 10.1. The number of aryl methyl sites for hydroxylation is 2. The molecule has 0 aliphatic carbocycles. The number of sulfonamides is 1. The smallest absolute Gasteiger partial charge is 0.241 e. The molecular formula is C13H18N4O2S. The highest BCUT2D eigenvalue weighted by Gasteiger charge is 2.17. The third kappa shape index (κ3) is 3.06. The summed E-state index contributed by atoms with van der Waals surface area (Å²) in [5, 5.41) is 4.00. The van der Waals surface area contributed by atoms with E-state index in [9.17, 15) is 8.42 Å². The molecule has 0 fully saturated rings. The molecule has 0 saturated carbocycles. The van der Waals surface area contributed by atoms with Gasteiger partial charge in [-0.05, 0) is 30.2 Å². The molecule has 0 radical (unpaired) electrons. The van der Waals surface area contributed by atoms with Gasteiger partial charge in [0, 0.05) is 19.8 Å². The predicted molar refractivity (Wildman–Crippen MR) is 76.3 cm³/mol. The molecule has 0 spiro atoms. The Morgan fingerprint density at radius 2 is 2.10 bits per heavy atom. The van der Waals surface area contributed by atoms with E-state index in [4.69, 9.17) is 5.73 Å². The van der Waals surface area contributed by atoms with Gasteiger partial charge in [0.2, 0.25) is 10.0 Å². The van der Waals surface area contributed by atoms with Crippen LogP contribution < -0.4 is 10.5 Å². The Kier molecular flexibility index (Phi) is 4.22. The summed E-state index contributed by atoms with van der Waals surface area (Å²) in [6.45, 7) is 2.36. The summed E-state index contributed by atoms with van der Waals surface area (Å²) in [7, 11) is -1.77. The second-order valence-corrected chi connectivity index (χ2v) is 6.31. The third-order valence-corrected chi connectivity index (χ3v) is 4.69. The van der Waals surface area contributed by atoms with Crippen LogP contribution in [0.25, 0.3) is 0 Å². The van der Waals surface area contributed by atoms with E-state index in [-0.39, 0.29) is 11.4 Å². The van der Waals surface area contributed by atoms with Gasteiger partial charge in [-0.15, -0.1) is 0 Å². The summed E-state index contributed by atoms with van der Waals surface area (Å²) in [6, 6.07) is 6.88. The number of rotatable bonds is 5. The van der Waals surface area contributed by atoms with Gasteiger partial charge in [-0.25, -0.2) is 13.1 Å². The lowest BCUT2D eigenvalue weighted by Gasteiger charge is -2.10. The molecule has 2 aromatic rings. The molecule has 20 heavy (non-hydrogen) atoms. The van der Waals surface area contributed by atoms with Crippen molar-refractivity contribution in [3.63, 3.8) is 0 Å². The van der Waals surface area contributed by atoms with E-state index in [2.05, 4.69) is 9.82 Å². The zero-order valence-corrected chi connectivity index (χ0v) is 12.3. The minimum atomic E-state index is -3.54. The maximum atomic E-state index is 12.3. The average Bonchev–Trinajstić information content (AvgIpc) is 2.81. The molecule has 1 aromatic carbocycles. The first-order chi connectivity index (χ1) is 9.44. The number of hydrogen-bond acceptors (Lipinski definition) is 4. The van der Waals surface area contributed by atoms with Crippen LogP contribution in [-0.2, 0) is 30.2 Å². The van der Waals surface area contributed by atoms with Crippen LogP contribution in [0.2, 0.25) is 0 Å². The Hall–Kier alpha value is -1.70. The van der Waals surface area contributed by atoms with Crippen molar-refractivity contribution < 1.29 is 8.42 Å². The molecule has 0 atom stereocenters. The first-order valence-electron chi connectivity index (χ1n) is 6.20. The number of hydrogen-bond donors (Lipinski definition) is 2. The first kappa shape index (κ1) is 14.7. The van der Waals surface area contributed by atoms with Gasteiger partial charge in [0.25, 0.3) is 0 Å². The van der Waals surface area contributed by atoms with E-state index in [1.165, 1.54) is 0 Å². The predicted octanol–water partition coefficient (Wildman–Crippen LogP) is 0.666. The lowest BCUT2D eigenvalue weighted by molar-refractivity contribution is 0.576. The van der Waals surface area contributed by atoms with E-state index in [1.54, 1.807) is 49.1 Å². The first-order valence-corrected chi connectivity index (χ1v) is 7.68. The SMILES string of the molecule is Cc1cc(CN)ccc1S(=O)(=O)NCc1ccnn1C. The van der Waals surface area contributed by atoms with E-state index >= 15 is 0 Å². The van der Waals surface area contributed by atoms with Gasteiger partial charge in [-0.1, -0.05) is 12.1 Å². The zero-order valence-electron chi connectivity index (χ0n) is 11.5. The fourth-order valence-electron chi connectivity index (χ4n) is 1.96. The number of nitrogens with zero attached hydrogens (tertiary/aromatic N) is 2. The number of nitrogens with one attached hydrogen (secondary N) is 1. The molecule has 0 unspecified atom stereocenters. The minimum absolute atomic E-state index is 0.205. The Labute approximate surface area is 118 Å². The molecule has 0 aliphatic rings. The lowest BCUT2D eigenvalue weighted by Crippen LogP contribution is -2.25. The van der Waals surface area contributed by atoms with Gasteiger partial charge >= 0.3 is 0 Å². The fraction of sp³-hybridized carbons (Fsp3) is 0.308. The summed E-state index contributed by atoms with van der Waals surface area (Å²) in [6.07, 6.45) is 1.63. The van der Waals surface area contributed by atoms with Gasteiger partial charge in [-0.2, -0.15) is 5.10 Å². The highest BCUT2D eigenvalue weighted by atomic mass is 32.2. The van der Waals surface area contributed by atoms with Crippen LogP contribution in [0.3, 0.4) is 0 Å². The van der Waals surface area contributed by atoms with Crippen LogP contribution in [0, 0.1) is 6.92 Å². The Morgan fingerprint density at radius 3 is 2.65 bits per heavy atom. The van der Waals surface area contributed by atoms with Gasteiger partial charge in [0.1, 0.15) is 0 Å². The Morgan fingerprint density at radius 1 is 1.35 bits per heavy atom. The monoisotopic (exact) mass is 294 g/mol. The second kappa shape index (κ2) is 5.74. The summed E-state index contributed by atoms with van der Waals surface area (Å²) in [4.78, 5) is 0.275. The van der Waals surface area contributed by atoms with E-state index < -0.39 is 10.0 Å². The van der Waals surface area contributed by atoms with Crippen LogP contribution >= 0.6 is 0 Å². The van der Waals surface area contributed by atoms with Crippen molar-refractivity contribution in [3.8, 4) is 0 Å². The zero-order chi connectivity index (χ0) is 14.8. The molecule has 0 amide bonds. The Bertz CT molecular complexity index is 707. The Balaban J connectivity index is 2.20. The van der Waals surface area contributed by atoms with Crippen LogP contribution in [0.5, 0.6) is 0 Å². The van der Waals surface area contributed by atoms with E-state index in [0.29, 0.717) is 12.1 Å². The van der Waals surface area contributed by atoms with E-state index in [0.717, 1.165) is 11.3 Å². The summed E-state index contributed by atoms with van der Waals surface area (Å²) < 4.78 is 28.8. The van der Waals surface area contributed by atoms with Crippen molar-refractivity contribution >= 4 is 10.0 Å². The maximum Gasteiger partial charge on any atom is 0.241 e. The normalized spacial score (nSPS) is 11.8. The standard InChI is InChI=1S/C13H18N4O2S/c1-10-7-11(8-14)3-4-13(10)20(18,19)16-9-12-5-6-15-17(12)2/h3-7,16H,8-9,14H2,1-2H3. The third-order valence-electron chi connectivity index (χ3n) is 3.13. The van der Waals surface area contributed by atoms with Crippen molar-refractivity contribution in [2.75, 3.05) is 0 Å². The quantitative estimate of drug-likeness (QED) is 0.848. The number of benzene rings is 1. The molecule has 6 nitrogen and oxygen atoms in total. The van der Waals surface area contributed by atoms with Crippen molar-refractivity contribution in [3.05, 3.63) is 47.3 Å². The molecule has 2 rings (SSSR count). The molecule has 108 valence electrons. The van der Waals surface area contributed by atoms with E-state index in [1.807, 2.05) is 0 Å². The fourth-order valence-corrected chi connectivity index (χ4v) is 3.18. The van der Waals surface area contributed by atoms with Crippen LogP contribution in [0.1, 0.15) is 16.8 Å². The molecule has 7 heteroatoms. The molecule has 3 N–H and O–H groups in total. The van der Waals surface area contributed by atoms with Crippen LogP contribution in [-0.4, -0.2) is 18.2 Å². The van der Waals surface area contributed by atoms with Crippen molar-refractivity contribution in [1.29, 1.82) is 0 Å². The van der Waals surface area contributed by atoms with Gasteiger partial charge in [-0.3, -0.25) is 4.68 Å². The van der Waals surface area contributed by atoms with Crippen LogP contribution in [0.4, 0.5) is 0 Å². The van der Waals surface area contributed by atoms with Crippen molar-refractivity contribution in [2.24, 2.45) is 12.8 Å². The largest absolute Gasteiger partial charge is 0.326 e. The molecule has 0 saturated heterocycles. The van der Waals surface area contributed by atoms with Crippen molar-refractivity contribution in [1.82, 2.24) is 14.5 Å². The topological polar surface area (TPSA) is 90.0 Å². The second-order valence-electron chi connectivity index (χ2n) is 4.57. The molecule has 0 aliphatic heterocycles. The summed E-state index contributed by atoms with van der Waals surface area (Å²) in [5.41, 5.74) is 7.93. The summed E-state index contributed by atoms with van der Waals surface area (Å²) >= 11 is 0. The molecule has 1 heterocycles. The summed E-state index contributed by atoms with van der Waals surface area (Å²) in [5.74, 6) is 0. The average molecular weight is 294 g/mol. The van der Waals surface area contributed by atoms with Crippen LogP contribution in [0.15, 0.2) is 35.4 Å². The molecule has 0 bridgehead atoms. The van der Waals surface area contributed by atoms with Crippen molar-refractivity contribution in [2.45, 2.75) is 24.9 Å². The molecular weight excluding hydrogens is 276 g/mol. The number of nitrogens with two attached hydrogens (primary N) is 1. The highest BCUT2D eigenvalue weighted by molar-refractivity contribution is 7.89.